The second-order valence-electron chi connectivity index (χ2n) is 5.89. The summed E-state index contributed by atoms with van der Waals surface area (Å²) in [6.07, 6.45) is 9.32. The molecule has 2 unspecified atom stereocenters. The van der Waals surface area contributed by atoms with Crippen LogP contribution in [0.4, 0.5) is 5.82 Å². The van der Waals surface area contributed by atoms with E-state index in [-0.39, 0.29) is 6.10 Å². The second kappa shape index (κ2) is 3.92. The first kappa shape index (κ1) is 10.7. The van der Waals surface area contributed by atoms with Crippen LogP contribution in [0.2, 0.25) is 0 Å². The van der Waals surface area contributed by atoms with E-state index < -0.39 is 0 Å². The molecule has 0 saturated carbocycles. The van der Waals surface area contributed by atoms with E-state index in [9.17, 15) is 5.11 Å². The number of rotatable bonds is 1. The van der Waals surface area contributed by atoms with Gasteiger partial charge in [-0.25, -0.2) is 9.97 Å². The van der Waals surface area contributed by atoms with Crippen LogP contribution in [0.25, 0.3) is 0 Å². The summed E-state index contributed by atoms with van der Waals surface area (Å²) in [6.45, 7) is 0. The van der Waals surface area contributed by atoms with Gasteiger partial charge in [0.05, 0.1) is 6.10 Å². The van der Waals surface area contributed by atoms with Crippen molar-refractivity contribution in [2.45, 2.75) is 63.1 Å². The maximum Gasteiger partial charge on any atom is 0.135 e. The highest BCUT2D eigenvalue weighted by atomic mass is 16.3. The van der Waals surface area contributed by atoms with E-state index in [1.54, 1.807) is 6.33 Å². The lowest BCUT2D eigenvalue weighted by atomic mass is 9.99. The third-order valence-electron chi connectivity index (χ3n) is 4.80. The van der Waals surface area contributed by atoms with Crippen LogP contribution in [0.1, 0.15) is 43.4 Å². The first-order chi connectivity index (χ1) is 8.83. The molecule has 4 rings (SSSR count). The normalized spacial score (nSPS) is 33.8. The number of piperidine rings is 1. The largest absolute Gasteiger partial charge is 0.393 e. The van der Waals surface area contributed by atoms with Crippen LogP contribution in [0.3, 0.4) is 0 Å². The fraction of sp³-hybridized carbons (Fsp3) is 0.714. The van der Waals surface area contributed by atoms with Crippen molar-refractivity contribution in [1.82, 2.24) is 9.97 Å². The Bertz CT molecular complexity index is 462. The molecule has 3 heterocycles. The number of hydrogen-bond donors (Lipinski definition) is 1. The molecule has 1 aromatic heterocycles. The quantitative estimate of drug-likeness (QED) is 0.813. The zero-order valence-corrected chi connectivity index (χ0v) is 10.5. The van der Waals surface area contributed by atoms with Gasteiger partial charge in [0, 0.05) is 23.3 Å². The zero-order chi connectivity index (χ0) is 12.1. The summed E-state index contributed by atoms with van der Waals surface area (Å²) < 4.78 is 0. The smallest absolute Gasteiger partial charge is 0.135 e. The molecule has 0 amide bonds. The Morgan fingerprint density at radius 2 is 1.89 bits per heavy atom. The number of fused-ring (bicyclic) bond motifs is 3. The molecule has 1 N–H and O–H groups in total. The van der Waals surface area contributed by atoms with E-state index in [4.69, 9.17) is 0 Å². The Balaban J connectivity index is 1.74. The Morgan fingerprint density at radius 1 is 1.11 bits per heavy atom. The van der Waals surface area contributed by atoms with Crippen molar-refractivity contribution in [1.29, 1.82) is 0 Å². The number of aliphatic hydroxyl groups excluding tert-OH is 1. The minimum absolute atomic E-state index is 0.103. The minimum atomic E-state index is -0.103. The van der Waals surface area contributed by atoms with Crippen molar-refractivity contribution in [3.8, 4) is 0 Å². The number of aliphatic hydroxyl groups is 1. The summed E-state index contributed by atoms with van der Waals surface area (Å²) >= 11 is 0. The van der Waals surface area contributed by atoms with Gasteiger partial charge < -0.3 is 10.0 Å². The highest BCUT2D eigenvalue weighted by Crippen LogP contribution is 2.41. The molecule has 4 nitrogen and oxygen atoms in total. The van der Waals surface area contributed by atoms with Gasteiger partial charge in [-0.15, -0.1) is 0 Å². The second-order valence-corrected chi connectivity index (χ2v) is 5.89. The average molecular weight is 245 g/mol. The van der Waals surface area contributed by atoms with Crippen molar-refractivity contribution in [3.63, 3.8) is 0 Å². The molecule has 18 heavy (non-hydrogen) atoms. The molecule has 2 bridgehead atoms. The number of aromatic nitrogens is 2. The maximum atomic E-state index is 9.89. The first-order valence-corrected chi connectivity index (χ1v) is 7.12. The van der Waals surface area contributed by atoms with Gasteiger partial charge in [0.1, 0.15) is 12.1 Å². The third kappa shape index (κ3) is 1.48. The lowest BCUT2D eigenvalue weighted by molar-refractivity contribution is 0.126. The molecule has 2 fully saturated rings. The number of nitrogens with zero attached hydrogens (tertiary/aromatic N) is 3. The van der Waals surface area contributed by atoms with Crippen LogP contribution in [0, 0.1) is 0 Å². The molecule has 0 radical (unpaired) electrons. The lowest BCUT2D eigenvalue weighted by Gasteiger charge is -2.38. The Hall–Kier alpha value is -1.16. The topological polar surface area (TPSA) is 49.2 Å². The van der Waals surface area contributed by atoms with Crippen LogP contribution in [0.5, 0.6) is 0 Å². The van der Waals surface area contributed by atoms with Gasteiger partial charge in [0.15, 0.2) is 0 Å². The first-order valence-electron chi connectivity index (χ1n) is 7.12. The van der Waals surface area contributed by atoms with Crippen molar-refractivity contribution in [2.75, 3.05) is 4.90 Å². The zero-order valence-electron chi connectivity index (χ0n) is 10.5. The third-order valence-corrected chi connectivity index (χ3v) is 4.80. The summed E-state index contributed by atoms with van der Waals surface area (Å²) in [6, 6.07) is 0.997. The van der Waals surface area contributed by atoms with Crippen molar-refractivity contribution >= 4 is 5.82 Å². The lowest BCUT2D eigenvalue weighted by Crippen LogP contribution is -2.45. The van der Waals surface area contributed by atoms with Gasteiger partial charge in [-0.05, 0) is 44.9 Å². The molecule has 2 aliphatic heterocycles. The van der Waals surface area contributed by atoms with Gasteiger partial charge in [-0.1, -0.05) is 0 Å². The summed E-state index contributed by atoms with van der Waals surface area (Å²) in [5.74, 6) is 1.18. The number of anilines is 1. The standard InChI is InChI=1S/C14H19N3O/c18-11-6-9-4-5-10(7-11)17(9)14-12-2-1-3-13(12)15-8-16-14/h8-11,18H,1-7H2. The Morgan fingerprint density at radius 3 is 2.67 bits per heavy atom. The molecule has 96 valence electrons. The molecule has 2 atom stereocenters. The van der Waals surface area contributed by atoms with Gasteiger partial charge in [0.25, 0.3) is 0 Å². The van der Waals surface area contributed by atoms with Gasteiger partial charge in [-0.3, -0.25) is 0 Å². The summed E-state index contributed by atoms with van der Waals surface area (Å²) in [5.41, 5.74) is 2.64. The van der Waals surface area contributed by atoms with Gasteiger partial charge in [0.2, 0.25) is 0 Å². The van der Waals surface area contributed by atoms with E-state index >= 15 is 0 Å². The van der Waals surface area contributed by atoms with E-state index in [2.05, 4.69) is 14.9 Å². The van der Waals surface area contributed by atoms with Crippen LogP contribution < -0.4 is 4.90 Å². The van der Waals surface area contributed by atoms with Crippen LogP contribution in [-0.2, 0) is 12.8 Å². The molecule has 1 aromatic rings. The fourth-order valence-electron chi connectivity index (χ4n) is 4.06. The monoisotopic (exact) mass is 245 g/mol. The Labute approximate surface area is 107 Å². The molecule has 4 heteroatoms. The van der Waals surface area contributed by atoms with Gasteiger partial charge >= 0.3 is 0 Å². The van der Waals surface area contributed by atoms with E-state index in [1.807, 2.05) is 0 Å². The fourth-order valence-corrected chi connectivity index (χ4v) is 4.06. The van der Waals surface area contributed by atoms with Crippen molar-refractivity contribution < 1.29 is 5.11 Å². The average Bonchev–Trinajstić information content (AvgIpc) is 2.92. The molecule has 1 aliphatic carbocycles. The molecular weight excluding hydrogens is 226 g/mol. The number of aryl methyl sites for hydroxylation is 1. The molecule has 2 saturated heterocycles. The van der Waals surface area contributed by atoms with E-state index in [1.165, 1.54) is 36.3 Å². The summed E-state index contributed by atoms with van der Waals surface area (Å²) in [5, 5.41) is 9.89. The minimum Gasteiger partial charge on any atom is -0.393 e. The summed E-state index contributed by atoms with van der Waals surface area (Å²) in [4.78, 5) is 11.5. The van der Waals surface area contributed by atoms with Gasteiger partial charge in [-0.2, -0.15) is 0 Å². The van der Waals surface area contributed by atoms with Crippen LogP contribution >= 0.6 is 0 Å². The predicted molar refractivity (Wildman–Crippen MR) is 68.6 cm³/mol. The van der Waals surface area contributed by atoms with Crippen LogP contribution in [-0.4, -0.2) is 33.3 Å². The molecular formula is C14H19N3O. The SMILES string of the molecule is OC1CC2CCC(C1)N2c1ncnc2c1CCC2. The molecule has 3 aliphatic rings. The summed E-state index contributed by atoms with van der Waals surface area (Å²) in [7, 11) is 0. The van der Waals surface area contributed by atoms with Crippen molar-refractivity contribution in [3.05, 3.63) is 17.6 Å². The van der Waals surface area contributed by atoms with E-state index in [0.29, 0.717) is 12.1 Å². The predicted octanol–water partition coefficient (Wildman–Crippen LogP) is 1.46. The number of hydrogen-bond acceptors (Lipinski definition) is 4. The van der Waals surface area contributed by atoms with E-state index in [0.717, 1.165) is 25.7 Å². The molecule has 0 spiro atoms. The molecule has 0 aromatic carbocycles. The maximum absolute atomic E-state index is 9.89. The van der Waals surface area contributed by atoms with Crippen molar-refractivity contribution in [2.24, 2.45) is 0 Å². The highest BCUT2D eigenvalue weighted by molar-refractivity contribution is 5.53. The van der Waals surface area contributed by atoms with Crippen LogP contribution in [0.15, 0.2) is 6.33 Å². The highest BCUT2D eigenvalue weighted by Gasteiger charge is 2.42. The Kier molecular flexibility index (Phi) is 2.34.